The molecule has 0 fully saturated rings. The SMILES string of the molecule is C=CCN1C(=O)c2ccc(C(=O)Nc3nc(C)c(C)s3)cc2C1=O. The number of benzene rings is 1. The molecule has 1 N–H and O–H groups in total. The first-order chi connectivity index (χ1) is 11.4. The number of carbonyl (C=O) groups excluding carboxylic acids is 3. The Balaban J connectivity index is 1.87. The zero-order chi connectivity index (χ0) is 17.4. The van der Waals surface area contributed by atoms with Crippen molar-refractivity contribution in [2.75, 3.05) is 11.9 Å². The molecule has 0 unspecified atom stereocenters. The Morgan fingerprint density at radius 1 is 1.29 bits per heavy atom. The van der Waals surface area contributed by atoms with Crippen LogP contribution >= 0.6 is 11.3 Å². The maximum atomic E-state index is 12.4. The van der Waals surface area contributed by atoms with Crippen LogP contribution < -0.4 is 5.32 Å². The number of aromatic nitrogens is 1. The zero-order valence-electron chi connectivity index (χ0n) is 13.3. The third-order valence-electron chi connectivity index (χ3n) is 3.79. The lowest BCUT2D eigenvalue weighted by atomic mass is 10.1. The van der Waals surface area contributed by atoms with Crippen molar-refractivity contribution in [2.24, 2.45) is 0 Å². The molecule has 24 heavy (non-hydrogen) atoms. The van der Waals surface area contributed by atoms with Crippen LogP contribution in [0.1, 0.15) is 41.6 Å². The summed E-state index contributed by atoms with van der Waals surface area (Å²) in [4.78, 5) is 43.2. The first kappa shape index (κ1) is 16.1. The van der Waals surface area contributed by atoms with Crippen molar-refractivity contribution in [1.29, 1.82) is 0 Å². The summed E-state index contributed by atoms with van der Waals surface area (Å²) >= 11 is 1.39. The van der Waals surface area contributed by atoms with Crippen LogP contribution in [0.5, 0.6) is 0 Å². The summed E-state index contributed by atoms with van der Waals surface area (Å²) in [6.45, 7) is 7.48. The Bertz CT molecular complexity index is 866. The van der Waals surface area contributed by atoms with Crippen LogP contribution in [0.2, 0.25) is 0 Å². The van der Waals surface area contributed by atoms with Gasteiger partial charge < -0.3 is 0 Å². The first-order valence-corrected chi connectivity index (χ1v) is 8.10. The van der Waals surface area contributed by atoms with E-state index in [2.05, 4.69) is 16.9 Å². The average Bonchev–Trinajstić information content (AvgIpc) is 2.99. The predicted octanol–water partition coefficient (Wildman–Crippen LogP) is 2.79. The van der Waals surface area contributed by atoms with Crippen molar-refractivity contribution < 1.29 is 14.4 Å². The minimum Gasteiger partial charge on any atom is -0.298 e. The molecule has 1 aromatic heterocycles. The lowest BCUT2D eigenvalue weighted by Gasteiger charge is -2.09. The largest absolute Gasteiger partial charge is 0.298 e. The van der Waals surface area contributed by atoms with E-state index in [1.54, 1.807) is 0 Å². The number of anilines is 1. The van der Waals surface area contributed by atoms with Gasteiger partial charge in [0.1, 0.15) is 0 Å². The number of aryl methyl sites for hydroxylation is 2. The molecule has 0 atom stereocenters. The van der Waals surface area contributed by atoms with Crippen molar-refractivity contribution in [3.05, 3.63) is 58.1 Å². The van der Waals surface area contributed by atoms with Crippen molar-refractivity contribution in [1.82, 2.24) is 9.88 Å². The number of nitrogens with one attached hydrogen (secondary N) is 1. The van der Waals surface area contributed by atoms with Crippen LogP contribution in [0.15, 0.2) is 30.9 Å². The van der Waals surface area contributed by atoms with E-state index in [9.17, 15) is 14.4 Å². The Labute approximate surface area is 142 Å². The molecular weight excluding hydrogens is 326 g/mol. The minimum atomic E-state index is -0.412. The number of rotatable bonds is 4. The highest BCUT2D eigenvalue weighted by Crippen LogP contribution is 2.25. The van der Waals surface area contributed by atoms with Gasteiger partial charge in [0.2, 0.25) is 0 Å². The monoisotopic (exact) mass is 341 g/mol. The number of nitrogens with zero attached hydrogens (tertiary/aromatic N) is 2. The van der Waals surface area contributed by atoms with Crippen LogP contribution in [0, 0.1) is 13.8 Å². The zero-order valence-corrected chi connectivity index (χ0v) is 14.1. The molecule has 1 aromatic carbocycles. The number of thiazole rings is 1. The second kappa shape index (κ2) is 6.01. The molecule has 0 radical (unpaired) electrons. The number of imide groups is 1. The van der Waals surface area contributed by atoms with Crippen molar-refractivity contribution in [2.45, 2.75) is 13.8 Å². The second-order valence-corrected chi connectivity index (χ2v) is 6.59. The molecule has 2 aromatic rings. The third-order valence-corrected chi connectivity index (χ3v) is 4.78. The minimum absolute atomic E-state index is 0.144. The number of hydrogen-bond donors (Lipinski definition) is 1. The summed E-state index contributed by atoms with van der Waals surface area (Å²) in [5, 5.41) is 3.22. The van der Waals surface area contributed by atoms with E-state index in [4.69, 9.17) is 0 Å². The standard InChI is InChI=1S/C17H15N3O3S/c1-4-7-20-15(22)12-6-5-11(8-13(12)16(20)23)14(21)19-17-18-9(2)10(3)24-17/h4-6,8H,1,7H2,2-3H3,(H,18,19,21). The fourth-order valence-corrected chi connectivity index (χ4v) is 3.23. The average molecular weight is 341 g/mol. The van der Waals surface area contributed by atoms with E-state index in [0.717, 1.165) is 15.5 Å². The molecule has 0 saturated heterocycles. The molecular formula is C17H15N3O3S. The molecule has 3 amide bonds. The van der Waals surface area contributed by atoms with E-state index >= 15 is 0 Å². The number of amides is 3. The Morgan fingerprint density at radius 2 is 2.00 bits per heavy atom. The van der Waals surface area contributed by atoms with Gasteiger partial charge in [0.05, 0.1) is 16.8 Å². The summed E-state index contributed by atoms with van der Waals surface area (Å²) in [6, 6.07) is 4.48. The lowest BCUT2D eigenvalue weighted by Crippen LogP contribution is -2.29. The Kier molecular flexibility index (Phi) is 4.02. The third kappa shape index (κ3) is 2.63. The van der Waals surface area contributed by atoms with Gasteiger partial charge in [0, 0.05) is 17.0 Å². The van der Waals surface area contributed by atoms with Gasteiger partial charge in [-0.05, 0) is 32.0 Å². The number of carbonyl (C=O) groups is 3. The Hall–Kier alpha value is -2.80. The summed E-state index contributed by atoms with van der Waals surface area (Å²) in [7, 11) is 0. The van der Waals surface area contributed by atoms with E-state index in [1.807, 2.05) is 13.8 Å². The molecule has 0 aliphatic carbocycles. The maximum absolute atomic E-state index is 12.4. The van der Waals surface area contributed by atoms with Gasteiger partial charge in [0.15, 0.2) is 5.13 Å². The highest BCUT2D eigenvalue weighted by molar-refractivity contribution is 7.15. The quantitative estimate of drug-likeness (QED) is 0.685. The van der Waals surface area contributed by atoms with Crippen LogP contribution in [0.25, 0.3) is 0 Å². The first-order valence-electron chi connectivity index (χ1n) is 7.29. The van der Waals surface area contributed by atoms with Crippen molar-refractivity contribution in [3.8, 4) is 0 Å². The van der Waals surface area contributed by atoms with Crippen LogP contribution in [-0.2, 0) is 0 Å². The highest BCUT2D eigenvalue weighted by atomic mass is 32.1. The van der Waals surface area contributed by atoms with Gasteiger partial charge >= 0.3 is 0 Å². The van der Waals surface area contributed by atoms with Gasteiger partial charge in [0.25, 0.3) is 17.7 Å². The fraction of sp³-hybridized carbons (Fsp3) is 0.176. The topological polar surface area (TPSA) is 79.4 Å². The molecule has 7 heteroatoms. The molecule has 0 saturated carbocycles. The summed E-state index contributed by atoms with van der Waals surface area (Å²) < 4.78 is 0. The number of fused-ring (bicyclic) bond motifs is 1. The van der Waals surface area contributed by atoms with Gasteiger partial charge in [-0.15, -0.1) is 17.9 Å². The highest BCUT2D eigenvalue weighted by Gasteiger charge is 2.35. The van der Waals surface area contributed by atoms with Crippen molar-refractivity contribution in [3.63, 3.8) is 0 Å². The predicted molar refractivity (Wildman–Crippen MR) is 91.5 cm³/mol. The maximum Gasteiger partial charge on any atom is 0.261 e. The molecule has 1 aliphatic rings. The van der Waals surface area contributed by atoms with Gasteiger partial charge in [-0.2, -0.15) is 0 Å². The van der Waals surface area contributed by atoms with Crippen LogP contribution in [-0.4, -0.2) is 34.2 Å². The molecule has 3 rings (SSSR count). The summed E-state index contributed by atoms with van der Waals surface area (Å²) in [5.41, 5.74) is 1.71. The van der Waals surface area contributed by atoms with E-state index < -0.39 is 5.91 Å². The molecule has 1 aliphatic heterocycles. The molecule has 2 heterocycles. The molecule has 0 bridgehead atoms. The fourth-order valence-electron chi connectivity index (χ4n) is 2.42. The summed E-state index contributed by atoms with van der Waals surface area (Å²) in [5.74, 6) is -1.15. The van der Waals surface area contributed by atoms with Gasteiger partial charge in [-0.3, -0.25) is 24.6 Å². The molecule has 122 valence electrons. The van der Waals surface area contributed by atoms with Gasteiger partial charge in [-0.1, -0.05) is 6.08 Å². The normalized spacial score (nSPS) is 13.2. The van der Waals surface area contributed by atoms with E-state index in [1.165, 1.54) is 35.6 Å². The molecule has 6 nitrogen and oxygen atoms in total. The van der Waals surface area contributed by atoms with E-state index in [0.29, 0.717) is 16.3 Å². The van der Waals surface area contributed by atoms with Crippen LogP contribution in [0.3, 0.4) is 0 Å². The Morgan fingerprint density at radius 3 is 2.62 bits per heavy atom. The van der Waals surface area contributed by atoms with Crippen LogP contribution in [0.4, 0.5) is 5.13 Å². The smallest absolute Gasteiger partial charge is 0.261 e. The van der Waals surface area contributed by atoms with E-state index in [-0.39, 0.29) is 23.9 Å². The van der Waals surface area contributed by atoms with Crippen molar-refractivity contribution >= 4 is 34.2 Å². The number of hydrogen-bond acceptors (Lipinski definition) is 5. The second-order valence-electron chi connectivity index (χ2n) is 5.38. The van der Waals surface area contributed by atoms with Gasteiger partial charge in [-0.25, -0.2) is 4.98 Å². The lowest BCUT2D eigenvalue weighted by molar-refractivity contribution is 0.0672. The molecule has 0 spiro atoms. The summed E-state index contributed by atoms with van der Waals surface area (Å²) in [6.07, 6.45) is 1.49.